The number of nitrogens with zero attached hydrogens (tertiary/aromatic N) is 1. The monoisotopic (exact) mass is 276 g/mol. The summed E-state index contributed by atoms with van der Waals surface area (Å²) in [5.74, 6) is 0.633. The summed E-state index contributed by atoms with van der Waals surface area (Å²) in [6, 6.07) is 7.59. The molecule has 1 N–H and O–H groups in total. The highest BCUT2D eigenvalue weighted by molar-refractivity contribution is 6.05. The number of hydrogen-bond acceptors (Lipinski definition) is 4. The van der Waals surface area contributed by atoms with Gasteiger partial charge < -0.3 is 14.9 Å². The molecule has 0 spiro atoms. The van der Waals surface area contributed by atoms with Crippen LogP contribution in [0.15, 0.2) is 29.4 Å². The van der Waals surface area contributed by atoms with Crippen LogP contribution in [-0.2, 0) is 9.63 Å². The van der Waals surface area contributed by atoms with Crippen molar-refractivity contribution in [1.82, 2.24) is 5.32 Å². The third kappa shape index (κ3) is 3.29. The summed E-state index contributed by atoms with van der Waals surface area (Å²) in [5.41, 5.74) is 1.62. The second kappa shape index (κ2) is 6.93. The number of rotatable bonds is 6. The van der Waals surface area contributed by atoms with E-state index in [1.807, 2.05) is 24.3 Å². The Morgan fingerprint density at radius 1 is 1.50 bits per heavy atom. The van der Waals surface area contributed by atoms with Crippen LogP contribution in [0.4, 0.5) is 0 Å². The molecular weight excluding hydrogens is 256 g/mol. The van der Waals surface area contributed by atoms with E-state index in [2.05, 4.69) is 17.4 Å². The molecule has 0 unspecified atom stereocenters. The van der Waals surface area contributed by atoms with E-state index in [1.54, 1.807) is 7.11 Å². The molecule has 1 atom stereocenters. The Morgan fingerprint density at radius 2 is 2.30 bits per heavy atom. The van der Waals surface area contributed by atoms with Gasteiger partial charge in [0.15, 0.2) is 0 Å². The van der Waals surface area contributed by atoms with Crippen LogP contribution in [0.1, 0.15) is 31.7 Å². The van der Waals surface area contributed by atoms with Crippen LogP contribution in [0.3, 0.4) is 0 Å². The molecular formula is C15H20N2O3. The van der Waals surface area contributed by atoms with Crippen LogP contribution in [0.2, 0.25) is 0 Å². The fourth-order valence-electron chi connectivity index (χ4n) is 2.06. The SMILES string of the molecule is CCCCNC(=O)[C@@H]1CC(c2ccccc2OC)=NO1. The lowest BCUT2D eigenvalue weighted by Gasteiger charge is -2.09. The van der Waals surface area contributed by atoms with Gasteiger partial charge in [0, 0.05) is 18.5 Å². The van der Waals surface area contributed by atoms with Gasteiger partial charge in [-0.2, -0.15) is 0 Å². The number of methoxy groups -OCH3 is 1. The summed E-state index contributed by atoms with van der Waals surface area (Å²) in [7, 11) is 1.62. The molecule has 5 nitrogen and oxygen atoms in total. The summed E-state index contributed by atoms with van der Waals surface area (Å²) in [6.45, 7) is 2.76. The van der Waals surface area contributed by atoms with Crippen LogP contribution >= 0.6 is 0 Å². The summed E-state index contributed by atoms with van der Waals surface area (Å²) in [4.78, 5) is 17.1. The quantitative estimate of drug-likeness (QED) is 0.809. The van der Waals surface area contributed by atoms with Crippen LogP contribution in [0, 0.1) is 0 Å². The number of benzene rings is 1. The first-order valence-electron chi connectivity index (χ1n) is 6.90. The lowest BCUT2D eigenvalue weighted by atomic mass is 10.0. The summed E-state index contributed by atoms with van der Waals surface area (Å²) in [6.07, 6.45) is 1.96. The van der Waals surface area contributed by atoms with Crippen LogP contribution in [-0.4, -0.2) is 31.4 Å². The number of ether oxygens (including phenoxy) is 1. The topological polar surface area (TPSA) is 59.9 Å². The number of oxime groups is 1. The second-order valence-electron chi connectivity index (χ2n) is 4.68. The first kappa shape index (κ1) is 14.4. The van der Waals surface area contributed by atoms with E-state index in [-0.39, 0.29) is 5.91 Å². The molecule has 0 saturated heterocycles. The molecule has 20 heavy (non-hydrogen) atoms. The predicted molar refractivity (Wildman–Crippen MR) is 76.9 cm³/mol. The first-order chi connectivity index (χ1) is 9.76. The predicted octanol–water partition coefficient (Wildman–Crippen LogP) is 2.10. The van der Waals surface area contributed by atoms with Crippen molar-refractivity contribution in [2.45, 2.75) is 32.3 Å². The minimum absolute atomic E-state index is 0.105. The molecule has 0 bridgehead atoms. The van der Waals surface area contributed by atoms with E-state index in [4.69, 9.17) is 9.57 Å². The smallest absolute Gasteiger partial charge is 0.264 e. The molecule has 0 radical (unpaired) electrons. The Labute approximate surface area is 118 Å². The lowest BCUT2D eigenvalue weighted by molar-refractivity contribution is -0.131. The van der Waals surface area contributed by atoms with Crippen molar-refractivity contribution in [3.63, 3.8) is 0 Å². The summed E-state index contributed by atoms with van der Waals surface area (Å²) >= 11 is 0. The maximum Gasteiger partial charge on any atom is 0.264 e. The average Bonchev–Trinajstić information content (AvgIpc) is 2.97. The third-order valence-electron chi connectivity index (χ3n) is 3.21. The van der Waals surface area contributed by atoms with Crippen molar-refractivity contribution in [3.05, 3.63) is 29.8 Å². The number of carbonyl (C=O) groups is 1. The minimum Gasteiger partial charge on any atom is -0.496 e. The van der Waals surface area contributed by atoms with Gasteiger partial charge in [0.1, 0.15) is 5.75 Å². The number of para-hydroxylation sites is 1. The first-order valence-corrected chi connectivity index (χ1v) is 6.90. The van der Waals surface area contributed by atoms with Gasteiger partial charge in [-0.1, -0.05) is 30.6 Å². The molecule has 5 heteroatoms. The van der Waals surface area contributed by atoms with E-state index in [9.17, 15) is 4.79 Å². The normalized spacial score (nSPS) is 17.3. The molecule has 1 aromatic carbocycles. The van der Waals surface area contributed by atoms with Crippen molar-refractivity contribution in [2.75, 3.05) is 13.7 Å². The van der Waals surface area contributed by atoms with Crippen LogP contribution < -0.4 is 10.1 Å². The second-order valence-corrected chi connectivity index (χ2v) is 4.68. The largest absolute Gasteiger partial charge is 0.496 e. The van der Waals surface area contributed by atoms with Gasteiger partial charge in [0.2, 0.25) is 6.10 Å². The van der Waals surface area contributed by atoms with Crippen molar-refractivity contribution in [2.24, 2.45) is 5.16 Å². The zero-order chi connectivity index (χ0) is 14.4. The maximum atomic E-state index is 11.9. The standard InChI is InChI=1S/C15H20N2O3/c1-3-4-9-16-15(18)14-10-12(17-20-14)11-7-5-6-8-13(11)19-2/h5-8,14H,3-4,9-10H2,1-2H3,(H,16,18)/t14-/m0/s1. The molecule has 0 aliphatic carbocycles. The molecule has 2 rings (SSSR count). The number of unbranched alkanes of at least 4 members (excludes halogenated alkanes) is 1. The van der Waals surface area contributed by atoms with E-state index in [0.717, 1.165) is 29.9 Å². The van der Waals surface area contributed by atoms with Crippen molar-refractivity contribution in [1.29, 1.82) is 0 Å². The number of carbonyl (C=O) groups excluding carboxylic acids is 1. The van der Waals surface area contributed by atoms with Gasteiger partial charge in [-0.25, -0.2) is 0 Å². The van der Waals surface area contributed by atoms with Gasteiger partial charge in [-0.15, -0.1) is 0 Å². The molecule has 1 amide bonds. The Kier molecular flexibility index (Phi) is 4.98. The Morgan fingerprint density at radius 3 is 3.05 bits per heavy atom. The Bertz CT molecular complexity index is 500. The molecule has 0 saturated carbocycles. The fourth-order valence-corrected chi connectivity index (χ4v) is 2.06. The Hall–Kier alpha value is -2.04. The van der Waals surface area contributed by atoms with E-state index >= 15 is 0 Å². The van der Waals surface area contributed by atoms with Gasteiger partial charge >= 0.3 is 0 Å². The highest BCUT2D eigenvalue weighted by Gasteiger charge is 2.29. The summed E-state index contributed by atoms with van der Waals surface area (Å²) in [5, 5.41) is 6.88. The minimum atomic E-state index is -0.535. The molecule has 1 heterocycles. The maximum absolute atomic E-state index is 11.9. The zero-order valence-corrected chi connectivity index (χ0v) is 11.9. The van der Waals surface area contributed by atoms with Crippen molar-refractivity contribution in [3.8, 4) is 5.75 Å². The van der Waals surface area contributed by atoms with E-state index in [0.29, 0.717) is 13.0 Å². The fraction of sp³-hybridized carbons (Fsp3) is 0.467. The van der Waals surface area contributed by atoms with Crippen LogP contribution in [0.5, 0.6) is 5.75 Å². The van der Waals surface area contributed by atoms with Crippen molar-refractivity contribution < 1.29 is 14.4 Å². The number of hydrogen-bond donors (Lipinski definition) is 1. The number of nitrogens with one attached hydrogen (secondary N) is 1. The van der Waals surface area contributed by atoms with E-state index < -0.39 is 6.10 Å². The van der Waals surface area contributed by atoms with E-state index in [1.165, 1.54) is 0 Å². The average molecular weight is 276 g/mol. The van der Waals surface area contributed by atoms with Gasteiger partial charge in [0.05, 0.1) is 12.8 Å². The highest BCUT2D eigenvalue weighted by Crippen LogP contribution is 2.24. The molecule has 1 aliphatic rings. The van der Waals surface area contributed by atoms with Crippen molar-refractivity contribution >= 4 is 11.6 Å². The molecule has 1 aliphatic heterocycles. The summed E-state index contributed by atoms with van der Waals surface area (Å²) < 4.78 is 5.30. The van der Waals surface area contributed by atoms with Crippen LogP contribution in [0.25, 0.3) is 0 Å². The molecule has 108 valence electrons. The molecule has 0 fully saturated rings. The molecule has 1 aromatic rings. The van der Waals surface area contributed by atoms with Gasteiger partial charge in [-0.3, -0.25) is 4.79 Å². The van der Waals surface area contributed by atoms with Gasteiger partial charge in [-0.05, 0) is 18.6 Å². The Balaban J connectivity index is 1.96. The van der Waals surface area contributed by atoms with Gasteiger partial charge in [0.25, 0.3) is 5.91 Å². The third-order valence-corrected chi connectivity index (χ3v) is 3.21. The lowest BCUT2D eigenvalue weighted by Crippen LogP contribution is -2.35. The molecule has 0 aromatic heterocycles. The zero-order valence-electron chi connectivity index (χ0n) is 11.9. The number of amides is 1. The highest BCUT2D eigenvalue weighted by atomic mass is 16.6.